The summed E-state index contributed by atoms with van der Waals surface area (Å²) in [6.45, 7) is 1.74. The quantitative estimate of drug-likeness (QED) is 0.815. The number of carbonyl (C=O) groups is 1. The fraction of sp³-hybridized carbons (Fsp3) is 0.643. The van der Waals surface area contributed by atoms with E-state index in [1.165, 1.54) is 0 Å². The molecule has 2 rings (SSSR count). The normalized spacial score (nSPS) is 33.8. The number of piperidine rings is 1. The smallest absolute Gasteiger partial charge is 0.307 e. The average molecular weight is 235 g/mol. The second-order valence-corrected chi connectivity index (χ2v) is 5.40. The van der Waals surface area contributed by atoms with Crippen molar-refractivity contribution in [3.05, 3.63) is 24.3 Å². The Morgan fingerprint density at radius 3 is 2.88 bits per heavy atom. The van der Waals surface area contributed by atoms with Gasteiger partial charge in [0.05, 0.1) is 5.92 Å². The van der Waals surface area contributed by atoms with E-state index in [-0.39, 0.29) is 5.92 Å². The van der Waals surface area contributed by atoms with Crippen LogP contribution in [0.2, 0.25) is 0 Å². The van der Waals surface area contributed by atoms with E-state index in [2.05, 4.69) is 29.2 Å². The number of hydrogen-bond donors (Lipinski definition) is 1. The monoisotopic (exact) mass is 235 g/mol. The minimum Gasteiger partial charge on any atom is -0.481 e. The number of likely N-dealkylation sites (tertiary alicyclic amines) is 1. The van der Waals surface area contributed by atoms with Crippen LogP contribution in [0, 0.1) is 17.8 Å². The Kier molecular flexibility index (Phi) is 4.00. The molecule has 0 aromatic heterocycles. The Labute approximate surface area is 103 Å². The van der Waals surface area contributed by atoms with Crippen molar-refractivity contribution in [1.29, 1.82) is 0 Å². The highest BCUT2D eigenvalue weighted by Crippen LogP contribution is 2.29. The summed E-state index contributed by atoms with van der Waals surface area (Å²) in [5.41, 5.74) is 0. The van der Waals surface area contributed by atoms with Crippen molar-refractivity contribution in [1.82, 2.24) is 4.90 Å². The second kappa shape index (κ2) is 5.50. The van der Waals surface area contributed by atoms with Gasteiger partial charge >= 0.3 is 5.97 Å². The molecule has 0 saturated carbocycles. The van der Waals surface area contributed by atoms with Gasteiger partial charge < -0.3 is 10.0 Å². The SMILES string of the molecule is CN1CC(CC2C=CC=CC2)CC(C(=O)O)C1. The van der Waals surface area contributed by atoms with Crippen LogP contribution < -0.4 is 0 Å². The molecular weight excluding hydrogens is 214 g/mol. The summed E-state index contributed by atoms with van der Waals surface area (Å²) >= 11 is 0. The van der Waals surface area contributed by atoms with E-state index in [9.17, 15) is 4.79 Å². The molecule has 0 aromatic rings. The molecule has 3 nitrogen and oxygen atoms in total. The van der Waals surface area contributed by atoms with Gasteiger partial charge in [0.1, 0.15) is 0 Å². The van der Waals surface area contributed by atoms with E-state index in [1.807, 2.05) is 7.05 Å². The maximum absolute atomic E-state index is 11.1. The van der Waals surface area contributed by atoms with E-state index in [1.54, 1.807) is 0 Å². The Hall–Kier alpha value is -1.09. The third kappa shape index (κ3) is 3.43. The molecule has 3 atom stereocenters. The fourth-order valence-electron chi connectivity index (χ4n) is 3.03. The van der Waals surface area contributed by atoms with E-state index < -0.39 is 5.97 Å². The standard InChI is InChI=1S/C14H21NO2/c1-15-9-12(8-13(10-15)14(16)17)7-11-5-3-2-4-6-11/h2-5,11-13H,6-10H2,1H3,(H,16,17). The molecule has 0 bridgehead atoms. The Morgan fingerprint density at radius 1 is 1.41 bits per heavy atom. The summed E-state index contributed by atoms with van der Waals surface area (Å²) in [6.07, 6.45) is 11.7. The van der Waals surface area contributed by atoms with Gasteiger partial charge in [-0.05, 0) is 38.1 Å². The van der Waals surface area contributed by atoms with Gasteiger partial charge in [0.15, 0.2) is 0 Å². The molecule has 0 spiro atoms. The van der Waals surface area contributed by atoms with E-state index in [0.29, 0.717) is 18.4 Å². The molecule has 0 amide bonds. The molecule has 3 heteroatoms. The molecule has 17 heavy (non-hydrogen) atoms. The third-order valence-electron chi connectivity index (χ3n) is 3.77. The van der Waals surface area contributed by atoms with Crippen LogP contribution in [0.1, 0.15) is 19.3 Å². The Bertz CT molecular complexity index is 335. The lowest BCUT2D eigenvalue weighted by atomic mass is 9.82. The zero-order chi connectivity index (χ0) is 12.3. The first-order chi connectivity index (χ1) is 8.15. The maximum atomic E-state index is 11.1. The number of aliphatic carboxylic acids is 1. The van der Waals surface area contributed by atoms with Crippen LogP contribution in [0.5, 0.6) is 0 Å². The predicted molar refractivity (Wildman–Crippen MR) is 67.7 cm³/mol. The molecular formula is C14H21NO2. The zero-order valence-corrected chi connectivity index (χ0v) is 10.4. The van der Waals surface area contributed by atoms with Gasteiger partial charge in [0.2, 0.25) is 0 Å². The number of rotatable bonds is 3. The molecule has 1 aliphatic carbocycles. The highest BCUT2D eigenvalue weighted by Gasteiger charge is 2.30. The largest absolute Gasteiger partial charge is 0.481 e. The van der Waals surface area contributed by atoms with Crippen LogP contribution in [0.25, 0.3) is 0 Å². The molecule has 3 unspecified atom stereocenters. The van der Waals surface area contributed by atoms with E-state index in [4.69, 9.17) is 5.11 Å². The summed E-state index contributed by atoms with van der Waals surface area (Å²) in [6, 6.07) is 0. The first-order valence-corrected chi connectivity index (χ1v) is 6.40. The minimum absolute atomic E-state index is 0.179. The van der Waals surface area contributed by atoms with E-state index >= 15 is 0 Å². The summed E-state index contributed by atoms with van der Waals surface area (Å²) in [5, 5.41) is 9.13. The molecule has 0 radical (unpaired) electrons. The van der Waals surface area contributed by atoms with Gasteiger partial charge in [-0.2, -0.15) is 0 Å². The molecule has 1 heterocycles. The highest BCUT2D eigenvalue weighted by atomic mass is 16.4. The molecule has 1 saturated heterocycles. The summed E-state index contributed by atoms with van der Waals surface area (Å²) in [5.74, 6) is 0.310. The molecule has 0 aromatic carbocycles. The van der Waals surface area contributed by atoms with Crippen molar-refractivity contribution >= 4 is 5.97 Å². The lowest BCUT2D eigenvalue weighted by molar-refractivity contribution is -0.144. The lowest BCUT2D eigenvalue weighted by Crippen LogP contribution is -2.41. The highest BCUT2D eigenvalue weighted by molar-refractivity contribution is 5.70. The van der Waals surface area contributed by atoms with Crippen molar-refractivity contribution in [2.45, 2.75) is 19.3 Å². The van der Waals surface area contributed by atoms with Gasteiger partial charge in [-0.1, -0.05) is 24.3 Å². The summed E-state index contributed by atoms with van der Waals surface area (Å²) in [4.78, 5) is 13.2. The summed E-state index contributed by atoms with van der Waals surface area (Å²) in [7, 11) is 2.03. The topological polar surface area (TPSA) is 40.5 Å². The van der Waals surface area contributed by atoms with Crippen molar-refractivity contribution < 1.29 is 9.90 Å². The first-order valence-electron chi connectivity index (χ1n) is 6.40. The number of allylic oxidation sites excluding steroid dienone is 4. The predicted octanol–water partition coefficient (Wildman–Crippen LogP) is 2.16. The number of carboxylic acid groups (broad SMARTS) is 1. The molecule has 1 N–H and O–H groups in total. The van der Waals surface area contributed by atoms with Crippen molar-refractivity contribution in [3.8, 4) is 0 Å². The molecule has 2 aliphatic rings. The number of nitrogens with zero attached hydrogens (tertiary/aromatic N) is 1. The van der Waals surface area contributed by atoms with Gasteiger partial charge in [0, 0.05) is 13.1 Å². The molecule has 1 fully saturated rings. The first kappa shape index (κ1) is 12.4. The van der Waals surface area contributed by atoms with Crippen molar-refractivity contribution in [2.75, 3.05) is 20.1 Å². The number of carboxylic acids is 1. The van der Waals surface area contributed by atoms with Crippen LogP contribution in [-0.4, -0.2) is 36.1 Å². The maximum Gasteiger partial charge on any atom is 0.307 e. The van der Waals surface area contributed by atoms with Gasteiger partial charge in [-0.15, -0.1) is 0 Å². The average Bonchev–Trinajstić information content (AvgIpc) is 2.29. The third-order valence-corrected chi connectivity index (χ3v) is 3.77. The zero-order valence-electron chi connectivity index (χ0n) is 10.4. The van der Waals surface area contributed by atoms with Gasteiger partial charge in [0.25, 0.3) is 0 Å². The lowest BCUT2D eigenvalue weighted by Gasteiger charge is -2.35. The van der Waals surface area contributed by atoms with Crippen LogP contribution in [-0.2, 0) is 4.79 Å². The minimum atomic E-state index is -0.638. The Morgan fingerprint density at radius 2 is 2.24 bits per heavy atom. The van der Waals surface area contributed by atoms with Crippen LogP contribution >= 0.6 is 0 Å². The fourth-order valence-corrected chi connectivity index (χ4v) is 3.03. The number of hydrogen-bond acceptors (Lipinski definition) is 2. The second-order valence-electron chi connectivity index (χ2n) is 5.40. The van der Waals surface area contributed by atoms with Crippen LogP contribution in [0.4, 0.5) is 0 Å². The molecule has 94 valence electrons. The van der Waals surface area contributed by atoms with Crippen LogP contribution in [0.15, 0.2) is 24.3 Å². The summed E-state index contributed by atoms with van der Waals surface area (Å²) < 4.78 is 0. The van der Waals surface area contributed by atoms with Gasteiger partial charge in [-0.3, -0.25) is 4.79 Å². The van der Waals surface area contributed by atoms with Gasteiger partial charge in [-0.25, -0.2) is 0 Å². The Balaban J connectivity index is 1.89. The van der Waals surface area contributed by atoms with Crippen molar-refractivity contribution in [2.24, 2.45) is 17.8 Å². The van der Waals surface area contributed by atoms with E-state index in [0.717, 1.165) is 25.8 Å². The van der Waals surface area contributed by atoms with Crippen molar-refractivity contribution in [3.63, 3.8) is 0 Å². The van der Waals surface area contributed by atoms with Crippen LogP contribution in [0.3, 0.4) is 0 Å². The molecule has 1 aliphatic heterocycles.